The second-order valence-electron chi connectivity index (χ2n) is 8.59. The molecule has 1 amide bonds. The van der Waals surface area contributed by atoms with Gasteiger partial charge in [0.2, 0.25) is 5.91 Å². The number of benzene rings is 2. The maximum Gasteiger partial charge on any atom is 0.230 e. The van der Waals surface area contributed by atoms with E-state index >= 15 is 0 Å². The van der Waals surface area contributed by atoms with Crippen LogP contribution < -0.4 is 0 Å². The molecule has 3 aliphatic heterocycles. The number of fused-ring (bicyclic) bond motifs is 6. The summed E-state index contributed by atoms with van der Waals surface area (Å²) in [5, 5.41) is 3.21. The average Bonchev–Trinajstić information content (AvgIpc) is 3.26. The number of rotatable bonds is 1. The lowest BCUT2D eigenvalue weighted by Gasteiger charge is -2.44. The fourth-order valence-corrected chi connectivity index (χ4v) is 5.78. The first-order chi connectivity index (χ1) is 14.1. The molecule has 3 aliphatic rings. The zero-order chi connectivity index (χ0) is 19.7. The summed E-state index contributed by atoms with van der Waals surface area (Å²) in [6.07, 6.45) is 1.77. The van der Waals surface area contributed by atoms with Crippen LogP contribution in [0.1, 0.15) is 30.6 Å². The average molecular weight is 387 g/mol. The van der Waals surface area contributed by atoms with Crippen LogP contribution in [-0.2, 0) is 16.1 Å². The van der Waals surface area contributed by atoms with Crippen LogP contribution in [0.3, 0.4) is 0 Å². The van der Waals surface area contributed by atoms with Crippen molar-refractivity contribution in [1.82, 2.24) is 14.9 Å². The molecule has 0 aliphatic carbocycles. The SMILES string of the molecule is C[C@@H]1ON(C)[C@H]2C[C@H]3c4[nH]c5c(-c6ccccc6)cccc5c4CCN3C(=O)[C@@H]12. The highest BCUT2D eigenvalue weighted by molar-refractivity contribution is 5.97. The molecular formula is C24H25N3O2. The van der Waals surface area contributed by atoms with E-state index in [1.165, 1.54) is 33.3 Å². The Balaban J connectivity index is 1.48. The van der Waals surface area contributed by atoms with E-state index in [9.17, 15) is 4.79 Å². The Morgan fingerprint density at radius 1 is 1.10 bits per heavy atom. The van der Waals surface area contributed by atoms with E-state index in [1.54, 1.807) is 0 Å². The van der Waals surface area contributed by atoms with Crippen LogP contribution >= 0.6 is 0 Å². The molecule has 3 aromatic rings. The molecule has 4 heterocycles. The molecule has 1 aromatic heterocycles. The van der Waals surface area contributed by atoms with E-state index in [4.69, 9.17) is 4.84 Å². The first-order valence-electron chi connectivity index (χ1n) is 10.5. The lowest BCUT2D eigenvalue weighted by atomic mass is 9.80. The number of amides is 1. The summed E-state index contributed by atoms with van der Waals surface area (Å²) in [7, 11) is 1.96. The van der Waals surface area contributed by atoms with Crippen molar-refractivity contribution in [3.63, 3.8) is 0 Å². The number of hydrogen-bond acceptors (Lipinski definition) is 3. The number of para-hydroxylation sites is 1. The molecule has 0 saturated carbocycles. The van der Waals surface area contributed by atoms with Gasteiger partial charge in [-0.15, -0.1) is 0 Å². The van der Waals surface area contributed by atoms with Crippen molar-refractivity contribution in [3.05, 3.63) is 59.8 Å². The quantitative estimate of drug-likeness (QED) is 0.689. The van der Waals surface area contributed by atoms with Gasteiger partial charge in [-0.2, -0.15) is 5.06 Å². The van der Waals surface area contributed by atoms with Gasteiger partial charge in [-0.05, 0) is 30.9 Å². The number of nitrogens with zero attached hydrogens (tertiary/aromatic N) is 2. The lowest BCUT2D eigenvalue weighted by Crippen LogP contribution is -2.54. The van der Waals surface area contributed by atoms with Crippen LogP contribution in [0.2, 0.25) is 0 Å². The van der Waals surface area contributed by atoms with E-state index in [1.807, 2.05) is 25.1 Å². The third-order valence-electron chi connectivity index (χ3n) is 7.12. The second-order valence-corrected chi connectivity index (χ2v) is 8.59. The van der Waals surface area contributed by atoms with Gasteiger partial charge in [0.05, 0.1) is 29.6 Å². The van der Waals surface area contributed by atoms with Crippen LogP contribution in [0.15, 0.2) is 48.5 Å². The van der Waals surface area contributed by atoms with Crippen molar-refractivity contribution in [3.8, 4) is 11.1 Å². The topological polar surface area (TPSA) is 48.6 Å². The summed E-state index contributed by atoms with van der Waals surface area (Å²) in [5.41, 5.74) is 6.21. The van der Waals surface area contributed by atoms with E-state index in [-0.39, 0.29) is 30.0 Å². The molecule has 148 valence electrons. The summed E-state index contributed by atoms with van der Waals surface area (Å²) in [6.45, 7) is 2.81. The molecule has 1 N–H and O–H groups in total. The maximum absolute atomic E-state index is 13.3. The molecular weight excluding hydrogens is 362 g/mol. The number of H-pyrrole nitrogens is 1. The van der Waals surface area contributed by atoms with Crippen LogP contribution in [-0.4, -0.2) is 46.6 Å². The van der Waals surface area contributed by atoms with Gasteiger partial charge in [-0.25, -0.2) is 0 Å². The Labute approximate surface area is 170 Å². The van der Waals surface area contributed by atoms with Crippen LogP contribution in [0.5, 0.6) is 0 Å². The number of hydrogen-bond donors (Lipinski definition) is 1. The third kappa shape index (κ3) is 2.38. The number of carbonyl (C=O) groups is 1. The van der Waals surface area contributed by atoms with E-state index in [2.05, 4.69) is 52.3 Å². The minimum Gasteiger partial charge on any atom is -0.356 e. The van der Waals surface area contributed by atoms with Gasteiger partial charge >= 0.3 is 0 Å². The fraction of sp³-hybridized carbons (Fsp3) is 0.375. The molecule has 0 spiro atoms. The van der Waals surface area contributed by atoms with E-state index < -0.39 is 0 Å². The lowest BCUT2D eigenvalue weighted by molar-refractivity contribution is -0.146. The molecule has 0 bridgehead atoms. The van der Waals surface area contributed by atoms with Crippen LogP contribution in [0.25, 0.3) is 22.0 Å². The first kappa shape index (κ1) is 17.2. The monoisotopic (exact) mass is 387 g/mol. The normalized spacial score (nSPS) is 29.0. The molecule has 29 heavy (non-hydrogen) atoms. The zero-order valence-corrected chi connectivity index (χ0v) is 16.8. The van der Waals surface area contributed by atoms with E-state index in [0.29, 0.717) is 0 Å². The summed E-state index contributed by atoms with van der Waals surface area (Å²) < 4.78 is 0. The summed E-state index contributed by atoms with van der Waals surface area (Å²) in [4.78, 5) is 25.1. The van der Waals surface area contributed by atoms with Gasteiger partial charge < -0.3 is 9.88 Å². The predicted molar refractivity (Wildman–Crippen MR) is 112 cm³/mol. The molecule has 5 nitrogen and oxygen atoms in total. The Morgan fingerprint density at radius 3 is 2.76 bits per heavy atom. The van der Waals surface area contributed by atoms with Gasteiger partial charge in [-0.3, -0.25) is 9.63 Å². The second kappa shape index (κ2) is 6.18. The number of piperidine rings is 1. The van der Waals surface area contributed by atoms with E-state index in [0.717, 1.165) is 19.4 Å². The van der Waals surface area contributed by atoms with Gasteiger partial charge in [-0.1, -0.05) is 48.5 Å². The molecule has 0 unspecified atom stereocenters. The smallest absolute Gasteiger partial charge is 0.230 e. The molecule has 6 rings (SSSR count). The molecule has 2 aromatic carbocycles. The maximum atomic E-state index is 13.3. The molecule has 5 heteroatoms. The zero-order valence-electron chi connectivity index (χ0n) is 16.8. The van der Waals surface area contributed by atoms with Crippen LogP contribution in [0, 0.1) is 5.92 Å². The van der Waals surface area contributed by atoms with Crippen molar-refractivity contribution >= 4 is 16.8 Å². The fourth-order valence-electron chi connectivity index (χ4n) is 5.78. The van der Waals surface area contributed by atoms with Crippen molar-refractivity contribution in [2.75, 3.05) is 13.6 Å². The highest BCUT2D eigenvalue weighted by Gasteiger charge is 2.53. The highest BCUT2D eigenvalue weighted by Crippen LogP contribution is 2.46. The number of aromatic amines is 1. The van der Waals surface area contributed by atoms with Crippen molar-refractivity contribution in [2.24, 2.45) is 5.92 Å². The minimum absolute atomic E-state index is 0.0488. The van der Waals surface area contributed by atoms with Crippen molar-refractivity contribution < 1.29 is 9.63 Å². The molecule has 0 radical (unpaired) electrons. The standard InChI is InChI=1S/C24H25N3O2/c1-14-21-19(26(2)29-14)13-20-23-18(11-12-27(20)24(21)28)17-10-6-9-16(22(17)25-23)15-7-4-3-5-8-15/h3-10,14,19-21,25H,11-13H2,1-2H3/t14-,19-,20-,21-/m0/s1. The Morgan fingerprint density at radius 2 is 1.93 bits per heavy atom. The summed E-state index contributed by atoms with van der Waals surface area (Å²) >= 11 is 0. The first-order valence-corrected chi connectivity index (χ1v) is 10.5. The number of aromatic nitrogens is 1. The Bertz CT molecular complexity index is 1110. The molecule has 2 fully saturated rings. The van der Waals surface area contributed by atoms with Gasteiger partial charge in [0.25, 0.3) is 0 Å². The summed E-state index contributed by atoms with van der Waals surface area (Å²) in [5.74, 6) is 0.192. The molecule has 4 atom stereocenters. The largest absolute Gasteiger partial charge is 0.356 e. The van der Waals surface area contributed by atoms with Crippen LogP contribution in [0.4, 0.5) is 0 Å². The van der Waals surface area contributed by atoms with Crippen molar-refractivity contribution in [2.45, 2.75) is 38.0 Å². The third-order valence-corrected chi connectivity index (χ3v) is 7.12. The van der Waals surface area contributed by atoms with Gasteiger partial charge in [0, 0.05) is 30.2 Å². The van der Waals surface area contributed by atoms with Gasteiger partial charge in [0.15, 0.2) is 0 Å². The number of hydroxylamine groups is 2. The summed E-state index contributed by atoms with van der Waals surface area (Å²) in [6, 6.07) is 17.3. The Hall–Kier alpha value is -2.63. The molecule has 2 saturated heterocycles. The number of carbonyl (C=O) groups excluding carboxylic acids is 1. The van der Waals surface area contributed by atoms with Crippen molar-refractivity contribution in [1.29, 1.82) is 0 Å². The predicted octanol–water partition coefficient (Wildman–Crippen LogP) is 3.91. The highest BCUT2D eigenvalue weighted by atomic mass is 16.7. The van der Waals surface area contributed by atoms with Gasteiger partial charge in [0.1, 0.15) is 0 Å². The minimum atomic E-state index is -0.0536. The number of nitrogens with one attached hydrogen (secondary N) is 1. The Kier molecular flexibility index (Phi) is 3.68.